The second-order valence-electron chi connectivity index (χ2n) is 7.39. The largest absolute Gasteiger partial charge is 0.325 e. The van der Waals surface area contributed by atoms with Crippen LogP contribution in [-0.4, -0.2) is 24.3 Å². The van der Waals surface area contributed by atoms with Crippen molar-refractivity contribution in [2.75, 3.05) is 5.32 Å². The highest BCUT2D eigenvalue weighted by Gasteiger charge is 2.43. The van der Waals surface area contributed by atoms with Crippen LogP contribution >= 0.6 is 0 Å². The number of carbonyl (C=O) groups excluding carboxylic acids is 1. The van der Waals surface area contributed by atoms with E-state index in [4.69, 9.17) is 0 Å². The first-order valence-corrected chi connectivity index (χ1v) is 9.00. The van der Waals surface area contributed by atoms with Crippen molar-refractivity contribution < 1.29 is 13.2 Å². The molecule has 0 saturated heterocycles. The number of carbonyl (C=O) groups is 1. The van der Waals surface area contributed by atoms with Crippen LogP contribution in [0.15, 0.2) is 24.3 Å². The van der Waals surface area contributed by atoms with Gasteiger partial charge in [0, 0.05) is 5.69 Å². The zero-order valence-corrected chi connectivity index (χ0v) is 15.3. The fraction of sp³-hybridized carbons (Fsp3) is 0.588. The maximum absolute atomic E-state index is 12.4. The van der Waals surface area contributed by atoms with Gasteiger partial charge in [-0.2, -0.15) is 0 Å². The lowest BCUT2D eigenvalue weighted by Gasteiger charge is -2.26. The Morgan fingerprint density at radius 2 is 1.45 bits per heavy atom. The van der Waals surface area contributed by atoms with E-state index in [0.29, 0.717) is 5.69 Å². The molecule has 124 valence electrons. The van der Waals surface area contributed by atoms with Gasteiger partial charge in [-0.1, -0.05) is 32.9 Å². The number of anilines is 1. The summed E-state index contributed by atoms with van der Waals surface area (Å²) >= 11 is 0. The SMILES string of the molecule is CC(C)S(=O)(=O)C(C)(C)C(=O)Nc1ccc(C(C)(C)C)cc1. The predicted molar refractivity (Wildman–Crippen MR) is 91.9 cm³/mol. The van der Waals surface area contributed by atoms with E-state index < -0.39 is 25.7 Å². The van der Waals surface area contributed by atoms with Crippen molar-refractivity contribution >= 4 is 21.4 Å². The van der Waals surface area contributed by atoms with Crippen molar-refractivity contribution in [1.82, 2.24) is 0 Å². The molecular weight excluding hydrogens is 298 g/mol. The van der Waals surface area contributed by atoms with Crippen LogP contribution in [0, 0.1) is 0 Å². The quantitative estimate of drug-likeness (QED) is 0.921. The third-order valence-corrected chi connectivity index (χ3v) is 6.74. The van der Waals surface area contributed by atoms with Crippen LogP contribution in [0.2, 0.25) is 0 Å². The summed E-state index contributed by atoms with van der Waals surface area (Å²) in [5.74, 6) is -0.510. The summed E-state index contributed by atoms with van der Waals surface area (Å²) in [6, 6.07) is 7.49. The zero-order chi connectivity index (χ0) is 17.3. The van der Waals surface area contributed by atoms with Gasteiger partial charge < -0.3 is 5.32 Å². The van der Waals surface area contributed by atoms with Crippen LogP contribution in [0.1, 0.15) is 54.0 Å². The van der Waals surface area contributed by atoms with E-state index in [-0.39, 0.29) is 5.41 Å². The second-order valence-corrected chi connectivity index (χ2v) is 10.4. The Morgan fingerprint density at radius 3 is 1.82 bits per heavy atom. The Hall–Kier alpha value is -1.36. The van der Waals surface area contributed by atoms with Crippen LogP contribution in [0.5, 0.6) is 0 Å². The van der Waals surface area contributed by atoms with Crippen molar-refractivity contribution in [2.24, 2.45) is 0 Å². The number of hydrogen-bond acceptors (Lipinski definition) is 3. The molecule has 0 radical (unpaired) electrons. The Kier molecular flexibility index (Phi) is 5.12. The van der Waals surface area contributed by atoms with Crippen LogP contribution in [0.4, 0.5) is 5.69 Å². The summed E-state index contributed by atoms with van der Waals surface area (Å²) in [6.07, 6.45) is 0. The number of sulfone groups is 1. The third kappa shape index (κ3) is 3.69. The molecule has 1 amide bonds. The molecule has 0 fully saturated rings. The third-order valence-electron chi connectivity index (χ3n) is 3.89. The summed E-state index contributed by atoms with van der Waals surface area (Å²) in [4.78, 5) is 12.4. The molecule has 5 heteroatoms. The summed E-state index contributed by atoms with van der Waals surface area (Å²) < 4.78 is 23.1. The standard InChI is InChI=1S/C17H27NO3S/c1-12(2)22(20,21)17(6,7)15(19)18-14-10-8-13(9-11-14)16(3,4)5/h8-12H,1-7H3,(H,18,19). The van der Waals surface area contributed by atoms with E-state index in [2.05, 4.69) is 26.1 Å². The Balaban J connectivity index is 2.98. The van der Waals surface area contributed by atoms with Gasteiger partial charge in [-0.05, 0) is 50.8 Å². The maximum atomic E-state index is 12.4. The molecule has 0 aliphatic carbocycles. The first-order chi connectivity index (χ1) is 9.80. The number of nitrogens with one attached hydrogen (secondary N) is 1. The molecule has 0 aliphatic heterocycles. The van der Waals surface area contributed by atoms with E-state index in [0.717, 1.165) is 5.56 Å². The van der Waals surface area contributed by atoms with Gasteiger partial charge in [-0.25, -0.2) is 8.42 Å². The Bertz CT molecular complexity index is 635. The lowest BCUT2D eigenvalue weighted by molar-refractivity contribution is -0.117. The highest BCUT2D eigenvalue weighted by Crippen LogP contribution is 2.26. The van der Waals surface area contributed by atoms with Crippen LogP contribution < -0.4 is 5.32 Å². The average molecular weight is 325 g/mol. The Morgan fingerprint density at radius 1 is 1.00 bits per heavy atom. The monoisotopic (exact) mass is 325 g/mol. The lowest BCUT2D eigenvalue weighted by Crippen LogP contribution is -2.47. The van der Waals surface area contributed by atoms with Crippen molar-refractivity contribution in [3.8, 4) is 0 Å². The molecule has 1 aromatic rings. The van der Waals surface area contributed by atoms with Crippen molar-refractivity contribution in [1.29, 1.82) is 0 Å². The molecule has 0 aromatic heterocycles. The van der Waals surface area contributed by atoms with Crippen LogP contribution in [0.3, 0.4) is 0 Å². The molecule has 22 heavy (non-hydrogen) atoms. The van der Waals surface area contributed by atoms with Gasteiger partial charge in [-0.15, -0.1) is 0 Å². The normalized spacial score (nSPS) is 13.3. The van der Waals surface area contributed by atoms with E-state index in [1.807, 2.05) is 12.1 Å². The minimum Gasteiger partial charge on any atom is -0.325 e. The number of rotatable bonds is 4. The molecule has 4 nitrogen and oxygen atoms in total. The summed E-state index contributed by atoms with van der Waals surface area (Å²) in [7, 11) is -3.54. The highest BCUT2D eigenvalue weighted by atomic mass is 32.2. The number of benzene rings is 1. The van der Waals surface area contributed by atoms with Gasteiger partial charge in [-0.3, -0.25) is 4.79 Å². The molecular formula is C17H27NO3S. The summed E-state index contributed by atoms with van der Waals surface area (Å²) in [6.45, 7) is 12.4. The molecule has 0 unspecified atom stereocenters. The second kappa shape index (κ2) is 6.03. The topological polar surface area (TPSA) is 63.2 Å². The maximum Gasteiger partial charge on any atom is 0.245 e. The van der Waals surface area contributed by atoms with Gasteiger partial charge in [0.2, 0.25) is 5.91 Å². The fourth-order valence-electron chi connectivity index (χ4n) is 2.05. The van der Waals surface area contributed by atoms with Gasteiger partial charge in [0.1, 0.15) is 4.75 Å². The molecule has 0 aliphatic rings. The van der Waals surface area contributed by atoms with Gasteiger partial charge in [0.05, 0.1) is 5.25 Å². The van der Waals surface area contributed by atoms with Gasteiger partial charge in [0.15, 0.2) is 9.84 Å². The number of amides is 1. The van der Waals surface area contributed by atoms with E-state index in [1.165, 1.54) is 13.8 Å². The van der Waals surface area contributed by atoms with Gasteiger partial charge in [0.25, 0.3) is 0 Å². The van der Waals surface area contributed by atoms with Crippen LogP contribution in [-0.2, 0) is 20.0 Å². The van der Waals surface area contributed by atoms with Crippen molar-refractivity contribution in [3.05, 3.63) is 29.8 Å². The van der Waals surface area contributed by atoms with E-state index >= 15 is 0 Å². The predicted octanol–water partition coefficient (Wildman–Crippen LogP) is 3.52. The minimum absolute atomic E-state index is 0.0305. The van der Waals surface area contributed by atoms with E-state index in [1.54, 1.807) is 26.0 Å². The molecule has 1 aromatic carbocycles. The molecule has 1 rings (SSSR count). The van der Waals surface area contributed by atoms with Gasteiger partial charge >= 0.3 is 0 Å². The minimum atomic E-state index is -3.54. The zero-order valence-electron chi connectivity index (χ0n) is 14.5. The molecule has 0 spiro atoms. The fourth-order valence-corrected chi connectivity index (χ4v) is 3.54. The van der Waals surface area contributed by atoms with Crippen molar-refractivity contribution in [2.45, 2.75) is 63.9 Å². The summed E-state index contributed by atoms with van der Waals surface area (Å²) in [5, 5.41) is 2.10. The first-order valence-electron chi connectivity index (χ1n) is 7.45. The summed E-state index contributed by atoms with van der Waals surface area (Å²) in [5.41, 5.74) is 1.78. The first kappa shape index (κ1) is 18.7. The molecule has 0 saturated carbocycles. The molecule has 0 heterocycles. The average Bonchev–Trinajstić information content (AvgIpc) is 2.37. The molecule has 0 bridgehead atoms. The molecule has 1 N–H and O–H groups in total. The van der Waals surface area contributed by atoms with Crippen LogP contribution in [0.25, 0.3) is 0 Å². The Labute approximate surface area is 134 Å². The van der Waals surface area contributed by atoms with E-state index in [9.17, 15) is 13.2 Å². The number of hydrogen-bond donors (Lipinski definition) is 1. The smallest absolute Gasteiger partial charge is 0.245 e. The lowest BCUT2D eigenvalue weighted by atomic mass is 9.87. The van der Waals surface area contributed by atoms with Crippen molar-refractivity contribution in [3.63, 3.8) is 0 Å². The highest BCUT2D eigenvalue weighted by molar-refractivity contribution is 7.94. The molecule has 0 atom stereocenters.